The number of aryl methyl sites for hydroxylation is 4. The highest BCUT2D eigenvalue weighted by Crippen LogP contribution is 2.40. The lowest BCUT2D eigenvalue weighted by Crippen LogP contribution is -2.14. The van der Waals surface area contributed by atoms with Gasteiger partial charge in [0.2, 0.25) is 0 Å². The fraction of sp³-hybridized carbons (Fsp3) is 0.184. The van der Waals surface area contributed by atoms with Crippen LogP contribution in [0.3, 0.4) is 0 Å². The lowest BCUT2D eigenvalue weighted by Gasteiger charge is -2.19. The Morgan fingerprint density at radius 2 is 0.982 bits per heavy atom. The fourth-order valence-electron chi connectivity index (χ4n) is 6.64. The van der Waals surface area contributed by atoms with Crippen LogP contribution in [-0.4, -0.2) is 34.1 Å². The van der Waals surface area contributed by atoms with Crippen LogP contribution < -0.4 is 9.47 Å². The Bertz CT molecular complexity index is 2360. The first-order chi connectivity index (χ1) is 27.6. The van der Waals surface area contributed by atoms with Gasteiger partial charge >= 0.3 is 23.9 Å². The van der Waals surface area contributed by atoms with Gasteiger partial charge in [-0.05, 0) is 113 Å². The molecule has 0 atom stereocenters. The normalized spacial score (nSPS) is 10.5. The molecule has 8 heteroatoms. The van der Waals surface area contributed by atoms with Crippen molar-refractivity contribution in [2.75, 3.05) is 0 Å². The molecule has 0 heterocycles. The van der Waals surface area contributed by atoms with Crippen LogP contribution in [0.15, 0.2) is 133 Å². The molecule has 0 amide bonds. The molecule has 0 bridgehead atoms. The largest absolute Gasteiger partial charge is 0.478 e. The molecule has 6 aromatic rings. The number of ether oxygens (including phenoxy) is 2. The van der Waals surface area contributed by atoms with Gasteiger partial charge < -0.3 is 19.7 Å². The lowest BCUT2D eigenvalue weighted by molar-refractivity contribution is 0.0681. The highest BCUT2D eigenvalue weighted by molar-refractivity contribution is 6.03. The molecule has 0 aromatic heterocycles. The van der Waals surface area contributed by atoms with Crippen LogP contribution in [0.5, 0.6) is 11.5 Å². The second kappa shape index (κ2) is 19.7. The minimum absolute atomic E-state index is 0.201. The highest BCUT2D eigenvalue weighted by Gasteiger charge is 2.23. The molecule has 2 N–H and O–H groups in total. The van der Waals surface area contributed by atoms with Crippen LogP contribution in [-0.2, 0) is 25.7 Å². The van der Waals surface area contributed by atoms with E-state index >= 15 is 0 Å². The van der Waals surface area contributed by atoms with E-state index in [2.05, 4.69) is 13.0 Å². The molecule has 0 radical (unpaired) electrons. The molecule has 0 saturated heterocycles. The maximum Gasteiger partial charge on any atom is 0.343 e. The van der Waals surface area contributed by atoms with Gasteiger partial charge in [-0.3, -0.25) is 0 Å². The number of esters is 2. The lowest BCUT2D eigenvalue weighted by atomic mass is 9.84. The molecule has 8 nitrogen and oxygen atoms in total. The Morgan fingerprint density at radius 1 is 0.491 bits per heavy atom. The first-order valence-corrected chi connectivity index (χ1v) is 19.1. The third kappa shape index (κ3) is 10.1. The van der Waals surface area contributed by atoms with Crippen molar-refractivity contribution in [1.29, 1.82) is 0 Å². The zero-order chi connectivity index (χ0) is 40.9. The number of carboxylic acids is 2. The van der Waals surface area contributed by atoms with Crippen LogP contribution >= 0.6 is 0 Å². The van der Waals surface area contributed by atoms with Crippen LogP contribution in [0.4, 0.5) is 0 Å². The number of carbonyl (C=O) groups excluding carboxylic acids is 2. The van der Waals surface area contributed by atoms with Gasteiger partial charge in [-0.2, -0.15) is 0 Å². The molecular weight excluding hydrogens is 717 g/mol. The van der Waals surface area contributed by atoms with Gasteiger partial charge in [0.15, 0.2) is 11.5 Å². The molecule has 57 heavy (non-hydrogen) atoms. The molecular formula is C49H46O8. The van der Waals surface area contributed by atoms with Crippen LogP contribution in [0.2, 0.25) is 0 Å². The monoisotopic (exact) mass is 762 g/mol. The maximum absolute atomic E-state index is 12.6. The van der Waals surface area contributed by atoms with E-state index in [0.717, 1.165) is 52.6 Å². The highest BCUT2D eigenvalue weighted by atomic mass is 16.6. The van der Waals surface area contributed by atoms with Crippen molar-refractivity contribution in [3.05, 3.63) is 178 Å². The number of rotatable bonds is 13. The fourth-order valence-corrected chi connectivity index (χ4v) is 6.64. The van der Waals surface area contributed by atoms with Gasteiger partial charge in [0.25, 0.3) is 0 Å². The standard InChI is InChI=1S/C25H24O4.C24H22O4/c1-3-11-18-16-19(4-2)23(29-25(27)21-14-9-6-10-15-21)22(17-18)28-24(26)20-12-7-5-8-13-20;1-3-15-13-16(4-2)22(18-10-6-8-12-20(18)24(27)28)21(14-15)17-9-5-7-11-19(17)23(25)26/h5-10,12-17H,3-4,11H2,1-2H3;5-14H,3-4H2,1-2H3,(H,25,26)(H,27,28). The Morgan fingerprint density at radius 3 is 1.51 bits per heavy atom. The molecule has 0 fully saturated rings. The van der Waals surface area contributed by atoms with Crippen molar-refractivity contribution in [1.82, 2.24) is 0 Å². The molecule has 290 valence electrons. The summed E-state index contributed by atoms with van der Waals surface area (Å²) in [5.74, 6) is -2.42. The topological polar surface area (TPSA) is 127 Å². The molecule has 0 aliphatic carbocycles. The number of carbonyl (C=O) groups is 4. The summed E-state index contributed by atoms with van der Waals surface area (Å²) in [5.41, 5.74) is 7.97. The van der Waals surface area contributed by atoms with Crippen LogP contribution in [0.1, 0.15) is 97.8 Å². The summed E-state index contributed by atoms with van der Waals surface area (Å²) in [6.45, 7) is 8.14. The van der Waals surface area contributed by atoms with Crippen LogP contribution in [0, 0.1) is 0 Å². The average molecular weight is 763 g/mol. The van der Waals surface area contributed by atoms with E-state index in [0.29, 0.717) is 40.8 Å². The zero-order valence-electron chi connectivity index (χ0n) is 32.6. The maximum atomic E-state index is 12.6. The third-order valence-corrected chi connectivity index (χ3v) is 9.47. The van der Waals surface area contributed by atoms with Crippen molar-refractivity contribution in [3.63, 3.8) is 0 Å². The van der Waals surface area contributed by atoms with E-state index in [1.807, 2.05) is 51.1 Å². The number of hydrogen-bond acceptors (Lipinski definition) is 6. The third-order valence-electron chi connectivity index (χ3n) is 9.47. The molecule has 6 rings (SSSR count). The van der Waals surface area contributed by atoms with Gasteiger partial charge in [-0.1, -0.05) is 125 Å². The van der Waals surface area contributed by atoms with Gasteiger partial charge in [-0.25, -0.2) is 19.2 Å². The molecule has 0 unspecified atom stereocenters. The van der Waals surface area contributed by atoms with E-state index in [1.54, 1.807) is 97.1 Å². The predicted octanol–water partition coefficient (Wildman–Crippen LogP) is 11.2. The van der Waals surface area contributed by atoms with Crippen LogP contribution in [0.25, 0.3) is 22.3 Å². The summed E-state index contributed by atoms with van der Waals surface area (Å²) in [6, 6.07) is 39.1. The van der Waals surface area contributed by atoms with E-state index in [1.165, 1.54) is 0 Å². The Balaban J connectivity index is 0.000000218. The summed E-state index contributed by atoms with van der Waals surface area (Å²) in [4.78, 5) is 48.9. The van der Waals surface area contributed by atoms with Gasteiger partial charge in [0, 0.05) is 0 Å². The molecule has 0 aliphatic rings. The van der Waals surface area contributed by atoms with Crippen molar-refractivity contribution < 1.29 is 38.9 Å². The molecule has 0 saturated carbocycles. The van der Waals surface area contributed by atoms with E-state index in [4.69, 9.17) is 9.47 Å². The predicted molar refractivity (Wildman–Crippen MR) is 223 cm³/mol. The number of hydrogen-bond donors (Lipinski definition) is 2. The smallest absolute Gasteiger partial charge is 0.343 e. The summed E-state index contributed by atoms with van der Waals surface area (Å²) >= 11 is 0. The van der Waals surface area contributed by atoms with Crippen molar-refractivity contribution in [2.45, 2.75) is 59.8 Å². The number of benzene rings is 6. The zero-order valence-corrected chi connectivity index (χ0v) is 32.6. The van der Waals surface area contributed by atoms with E-state index in [9.17, 15) is 29.4 Å². The number of carboxylic acid groups (broad SMARTS) is 2. The first-order valence-electron chi connectivity index (χ1n) is 19.1. The summed E-state index contributed by atoms with van der Waals surface area (Å²) < 4.78 is 11.4. The Labute approximate surface area is 333 Å². The molecule has 0 aliphatic heterocycles. The van der Waals surface area contributed by atoms with Crippen molar-refractivity contribution >= 4 is 23.9 Å². The van der Waals surface area contributed by atoms with Gasteiger partial charge in [-0.15, -0.1) is 0 Å². The van der Waals surface area contributed by atoms with Gasteiger partial charge in [0.05, 0.1) is 22.3 Å². The first kappa shape index (κ1) is 41.4. The van der Waals surface area contributed by atoms with Gasteiger partial charge in [0.1, 0.15) is 0 Å². The van der Waals surface area contributed by atoms with Crippen molar-refractivity contribution in [2.24, 2.45) is 0 Å². The summed E-state index contributed by atoms with van der Waals surface area (Å²) in [5, 5.41) is 19.4. The summed E-state index contributed by atoms with van der Waals surface area (Å²) in [7, 11) is 0. The number of aromatic carboxylic acids is 2. The second-order valence-electron chi connectivity index (χ2n) is 13.3. The van der Waals surface area contributed by atoms with E-state index < -0.39 is 23.9 Å². The van der Waals surface area contributed by atoms with Crippen molar-refractivity contribution in [3.8, 4) is 33.8 Å². The minimum atomic E-state index is -1.01. The quantitative estimate of drug-likeness (QED) is 0.0879. The Kier molecular flexibility index (Phi) is 14.3. The van der Waals surface area contributed by atoms with E-state index in [-0.39, 0.29) is 16.9 Å². The molecule has 0 spiro atoms. The summed E-state index contributed by atoms with van der Waals surface area (Å²) in [6.07, 6.45) is 3.95. The SMILES string of the molecule is CCCc1cc(CC)c(OC(=O)c2ccccc2)c(OC(=O)c2ccccc2)c1.CCc1cc(CC)c(-c2ccccc2C(=O)O)c(-c2ccccc2C(=O)O)c1. The minimum Gasteiger partial charge on any atom is -0.478 e. The Hall–Kier alpha value is -6.80. The molecule has 6 aromatic carbocycles. The second-order valence-corrected chi connectivity index (χ2v) is 13.3. The average Bonchev–Trinajstić information content (AvgIpc) is 3.24.